The topological polar surface area (TPSA) is 56.6 Å². The molecule has 0 radical (unpaired) electrons. The summed E-state index contributed by atoms with van der Waals surface area (Å²) >= 11 is 0. The lowest BCUT2D eigenvalue weighted by Crippen LogP contribution is -2.41. The highest BCUT2D eigenvalue weighted by Crippen LogP contribution is 2.21. The molecule has 6 nitrogen and oxygen atoms in total. The van der Waals surface area contributed by atoms with E-state index in [1.807, 2.05) is 42.4 Å². The van der Waals surface area contributed by atoms with Crippen molar-refractivity contribution < 1.29 is 14.3 Å². The van der Waals surface area contributed by atoms with Crippen LogP contribution in [0.5, 0.6) is 11.5 Å². The van der Waals surface area contributed by atoms with Crippen molar-refractivity contribution in [3.8, 4) is 11.5 Å². The van der Waals surface area contributed by atoms with Crippen molar-refractivity contribution in [2.24, 2.45) is 5.92 Å². The molecule has 134 valence electrons. The van der Waals surface area contributed by atoms with Crippen LogP contribution in [0.2, 0.25) is 0 Å². The van der Waals surface area contributed by atoms with Gasteiger partial charge < -0.3 is 18.9 Å². The number of imidazole rings is 1. The molecule has 25 heavy (non-hydrogen) atoms. The molecule has 0 bridgehead atoms. The number of carbonyl (C=O) groups excluding carboxylic acids is 1. The van der Waals surface area contributed by atoms with Crippen LogP contribution in [-0.4, -0.2) is 47.2 Å². The van der Waals surface area contributed by atoms with Gasteiger partial charge in [-0.1, -0.05) is 6.07 Å². The SMILES string of the molecule is COc1cccc(OCC(=O)N2CCC(Cn3ccnc3C)CC2)c1. The highest BCUT2D eigenvalue weighted by molar-refractivity contribution is 5.77. The van der Waals surface area contributed by atoms with Gasteiger partial charge in [0, 0.05) is 38.1 Å². The summed E-state index contributed by atoms with van der Waals surface area (Å²) in [6, 6.07) is 7.31. The van der Waals surface area contributed by atoms with Crippen molar-refractivity contribution in [2.45, 2.75) is 26.3 Å². The van der Waals surface area contributed by atoms with Gasteiger partial charge in [-0.15, -0.1) is 0 Å². The average molecular weight is 343 g/mol. The molecule has 3 rings (SSSR count). The number of aromatic nitrogens is 2. The molecule has 1 aromatic heterocycles. The van der Waals surface area contributed by atoms with Gasteiger partial charge in [-0.2, -0.15) is 0 Å². The van der Waals surface area contributed by atoms with Crippen LogP contribution < -0.4 is 9.47 Å². The maximum Gasteiger partial charge on any atom is 0.260 e. The van der Waals surface area contributed by atoms with E-state index in [1.54, 1.807) is 13.2 Å². The van der Waals surface area contributed by atoms with E-state index in [2.05, 4.69) is 9.55 Å². The van der Waals surface area contributed by atoms with Crippen molar-refractivity contribution in [1.82, 2.24) is 14.5 Å². The Kier molecular flexibility index (Phi) is 5.58. The molecule has 6 heteroatoms. The van der Waals surface area contributed by atoms with E-state index in [0.29, 0.717) is 11.7 Å². The predicted molar refractivity (Wildman–Crippen MR) is 94.8 cm³/mol. The number of benzene rings is 1. The van der Waals surface area contributed by atoms with E-state index in [9.17, 15) is 4.79 Å². The maximum atomic E-state index is 12.4. The van der Waals surface area contributed by atoms with Gasteiger partial charge in [-0.25, -0.2) is 4.98 Å². The highest BCUT2D eigenvalue weighted by atomic mass is 16.5. The number of hydrogen-bond acceptors (Lipinski definition) is 4. The zero-order valence-electron chi connectivity index (χ0n) is 14.9. The third kappa shape index (κ3) is 4.53. The molecule has 1 aliphatic heterocycles. The number of rotatable bonds is 6. The van der Waals surface area contributed by atoms with Crippen LogP contribution in [0.1, 0.15) is 18.7 Å². The minimum absolute atomic E-state index is 0.0417. The first-order valence-electron chi connectivity index (χ1n) is 8.68. The number of carbonyl (C=O) groups is 1. The Bertz CT molecular complexity index is 705. The Morgan fingerprint density at radius 3 is 2.72 bits per heavy atom. The zero-order chi connectivity index (χ0) is 17.6. The fourth-order valence-electron chi connectivity index (χ4n) is 3.17. The zero-order valence-corrected chi connectivity index (χ0v) is 14.9. The standard InChI is InChI=1S/C19H25N3O3/c1-15-20-8-11-22(15)13-16-6-9-21(10-7-16)19(23)14-25-18-5-3-4-17(12-18)24-2/h3-5,8,11-12,16H,6-7,9-10,13-14H2,1-2H3. The van der Waals surface area contributed by atoms with Gasteiger partial charge in [-0.05, 0) is 37.8 Å². The summed E-state index contributed by atoms with van der Waals surface area (Å²) in [7, 11) is 1.61. The third-order valence-corrected chi connectivity index (χ3v) is 4.75. The van der Waals surface area contributed by atoms with Crippen molar-refractivity contribution in [3.63, 3.8) is 0 Å². The molecule has 1 amide bonds. The van der Waals surface area contributed by atoms with Crippen molar-refractivity contribution >= 4 is 5.91 Å². The molecule has 0 saturated carbocycles. The van der Waals surface area contributed by atoms with Crippen LogP contribution in [0.25, 0.3) is 0 Å². The summed E-state index contributed by atoms with van der Waals surface area (Å²) < 4.78 is 13.0. The van der Waals surface area contributed by atoms with Gasteiger partial charge >= 0.3 is 0 Å². The van der Waals surface area contributed by atoms with Gasteiger partial charge in [0.25, 0.3) is 5.91 Å². The molecule has 0 N–H and O–H groups in total. The summed E-state index contributed by atoms with van der Waals surface area (Å²) in [5.41, 5.74) is 0. The number of aryl methyl sites for hydroxylation is 1. The van der Waals surface area contributed by atoms with E-state index in [0.717, 1.165) is 44.0 Å². The van der Waals surface area contributed by atoms with Crippen LogP contribution in [-0.2, 0) is 11.3 Å². The first kappa shape index (κ1) is 17.3. The van der Waals surface area contributed by atoms with Gasteiger partial charge in [-0.3, -0.25) is 4.79 Å². The minimum atomic E-state index is 0.0417. The third-order valence-electron chi connectivity index (χ3n) is 4.75. The van der Waals surface area contributed by atoms with Crippen LogP contribution in [0.15, 0.2) is 36.7 Å². The number of ether oxygens (including phenoxy) is 2. The lowest BCUT2D eigenvalue weighted by molar-refractivity contribution is -0.134. The Balaban J connectivity index is 1.44. The number of nitrogens with zero attached hydrogens (tertiary/aromatic N) is 3. The Labute approximate surface area is 148 Å². The molecule has 0 unspecified atom stereocenters. The van der Waals surface area contributed by atoms with Gasteiger partial charge in [0.15, 0.2) is 6.61 Å². The average Bonchev–Trinajstić information content (AvgIpc) is 3.05. The van der Waals surface area contributed by atoms with Crippen molar-refractivity contribution in [2.75, 3.05) is 26.8 Å². The van der Waals surface area contributed by atoms with E-state index in [1.165, 1.54) is 0 Å². The van der Waals surface area contributed by atoms with Crippen LogP contribution in [0, 0.1) is 12.8 Å². The number of methoxy groups -OCH3 is 1. The molecule has 2 aromatic rings. The second kappa shape index (κ2) is 8.05. The summed E-state index contributed by atoms with van der Waals surface area (Å²) in [4.78, 5) is 18.5. The first-order valence-corrected chi connectivity index (χ1v) is 8.68. The normalized spacial score (nSPS) is 15.2. The molecule has 2 heterocycles. The predicted octanol–water partition coefficient (Wildman–Crippen LogP) is 2.52. The Hall–Kier alpha value is -2.50. The molecule has 1 saturated heterocycles. The molecule has 0 aliphatic carbocycles. The van der Waals surface area contributed by atoms with Crippen molar-refractivity contribution in [1.29, 1.82) is 0 Å². The Morgan fingerprint density at radius 1 is 1.28 bits per heavy atom. The number of amides is 1. The van der Waals surface area contributed by atoms with E-state index < -0.39 is 0 Å². The summed E-state index contributed by atoms with van der Waals surface area (Å²) in [5, 5.41) is 0. The summed E-state index contributed by atoms with van der Waals surface area (Å²) in [5.74, 6) is 3.06. The lowest BCUT2D eigenvalue weighted by atomic mass is 9.96. The fraction of sp³-hybridized carbons (Fsp3) is 0.474. The molecular formula is C19H25N3O3. The second-order valence-electron chi connectivity index (χ2n) is 6.42. The molecule has 0 spiro atoms. The quantitative estimate of drug-likeness (QED) is 0.809. The largest absolute Gasteiger partial charge is 0.497 e. The Morgan fingerprint density at radius 2 is 2.04 bits per heavy atom. The number of hydrogen-bond donors (Lipinski definition) is 0. The van der Waals surface area contributed by atoms with Crippen LogP contribution in [0.3, 0.4) is 0 Å². The van der Waals surface area contributed by atoms with E-state index >= 15 is 0 Å². The van der Waals surface area contributed by atoms with Crippen molar-refractivity contribution in [3.05, 3.63) is 42.5 Å². The molecular weight excluding hydrogens is 318 g/mol. The fourth-order valence-corrected chi connectivity index (χ4v) is 3.17. The maximum absolute atomic E-state index is 12.4. The monoisotopic (exact) mass is 343 g/mol. The van der Waals surface area contributed by atoms with Gasteiger partial charge in [0.05, 0.1) is 7.11 Å². The summed E-state index contributed by atoms with van der Waals surface area (Å²) in [6.45, 7) is 4.65. The summed E-state index contributed by atoms with van der Waals surface area (Å²) in [6.07, 6.45) is 5.89. The molecule has 1 fully saturated rings. The second-order valence-corrected chi connectivity index (χ2v) is 6.42. The number of likely N-dealkylation sites (tertiary alicyclic amines) is 1. The smallest absolute Gasteiger partial charge is 0.260 e. The van der Waals surface area contributed by atoms with Crippen LogP contribution in [0.4, 0.5) is 0 Å². The van der Waals surface area contributed by atoms with E-state index in [-0.39, 0.29) is 12.5 Å². The number of piperidine rings is 1. The van der Waals surface area contributed by atoms with Crippen LogP contribution >= 0.6 is 0 Å². The van der Waals surface area contributed by atoms with E-state index in [4.69, 9.17) is 9.47 Å². The highest BCUT2D eigenvalue weighted by Gasteiger charge is 2.23. The lowest BCUT2D eigenvalue weighted by Gasteiger charge is -2.32. The van der Waals surface area contributed by atoms with Gasteiger partial charge in [0.1, 0.15) is 17.3 Å². The van der Waals surface area contributed by atoms with Gasteiger partial charge in [0.2, 0.25) is 0 Å². The molecule has 0 atom stereocenters. The molecule has 1 aromatic carbocycles. The minimum Gasteiger partial charge on any atom is -0.497 e. The first-order chi connectivity index (χ1) is 12.2. The molecule has 1 aliphatic rings.